The van der Waals surface area contributed by atoms with Crippen LogP contribution in [-0.2, 0) is 30.7 Å². The van der Waals surface area contributed by atoms with E-state index in [9.17, 15) is 22.8 Å². The molecular formula is C29H46N4O7S. The lowest BCUT2D eigenvalue weighted by molar-refractivity contribution is -0.142. The molecule has 0 bridgehead atoms. The third-order valence-electron chi connectivity index (χ3n) is 7.43. The van der Waals surface area contributed by atoms with E-state index in [0.717, 1.165) is 36.9 Å². The topological polar surface area (TPSA) is 126 Å². The van der Waals surface area contributed by atoms with Crippen LogP contribution < -0.4 is 9.62 Å². The molecule has 1 aromatic rings. The molecule has 1 N–H and O–H groups in total. The first kappa shape index (κ1) is 32.7. The number of unbranched alkanes of at least 4 members (excludes halogenated alkanes) is 1. The molecule has 0 radical (unpaired) electrons. The van der Waals surface area contributed by atoms with Crippen molar-refractivity contribution in [1.82, 2.24) is 14.5 Å². The van der Waals surface area contributed by atoms with E-state index in [-0.39, 0.29) is 24.3 Å². The van der Waals surface area contributed by atoms with Gasteiger partial charge in [-0.25, -0.2) is 22.7 Å². The summed E-state index contributed by atoms with van der Waals surface area (Å²) in [6.45, 7) is 10.7. The lowest BCUT2D eigenvalue weighted by atomic mass is 9.93. The van der Waals surface area contributed by atoms with Crippen molar-refractivity contribution in [2.75, 3.05) is 50.5 Å². The van der Waals surface area contributed by atoms with E-state index < -0.39 is 27.6 Å². The number of benzene rings is 1. The average molecular weight is 595 g/mol. The quantitative estimate of drug-likeness (QED) is 0.365. The highest BCUT2D eigenvalue weighted by Crippen LogP contribution is 2.25. The predicted octanol–water partition coefficient (Wildman–Crippen LogP) is 3.77. The number of urea groups is 1. The molecule has 0 saturated carbocycles. The molecule has 2 fully saturated rings. The minimum atomic E-state index is -3.61. The molecule has 3 rings (SSSR count). The van der Waals surface area contributed by atoms with Crippen LogP contribution in [0.2, 0.25) is 0 Å². The van der Waals surface area contributed by atoms with Gasteiger partial charge in [0.15, 0.2) is 0 Å². The summed E-state index contributed by atoms with van der Waals surface area (Å²) in [4.78, 5) is 43.1. The third-order valence-corrected chi connectivity index (χ3v) is 8.90. The summed E-state index contributed by atoms with van der Waals surface area (Å²) in [6.07, 6.45) is 3.80. The van der Waals surface area contributed by atoms with E-state index >= 15 is 0 Å². The molecule has 12 heteroatoms. The number of piperidine rings is 1. The molecule has 3 amide bonds. The Kier molecular flexibility index (Phi) is 11.4. The van der Waals surface area contributed by atoms with Gasteiger partial charge in [-0.2, -0.15) is 0 Å². The normalized spacial score (nSPS) is 17.6. The number of ether oxygens (including phenoxy) is 2. The highest BCUT2D eigenvalue weighted by Gasteiger charge is 2.32. The van der Waals surface area contributed by atoms with Crippen LogP contribution in [0.15, 0.2) is 24.3 Å². The van der Waals surface area contributed by atoms with Gasteiger partial charge in [-0.15, -0.1) is 0 Å². The fourth-order valence-corrected chi connectivity index (χ4v) is 6.47. The maximum absolute atomic E-state index is 13.1. The van der Waals surface area contributed by atoms with E-state index in [1.165, 1.54) is 7.11 Å². The molecule has 1 unspecified atom stereocenters. The van der Waals surface area contributed by atoms with Crippen molar-refractivity contribution in [3.63, 3.8) is 0 Å². The number of amides is 3. The van der Waals surface area contributed by atoms with Crippen LogP contribution in [0.3, 0.4) is 0 Å². The van der Waals surface area contributed by atoms with Crippen LogP contribution in [0.1, 0.15) is 65.4 Å². The number of hydrogen-bond acceptors (Lipinski definition) is 7. The minimum absolute atomic E-state index is 0.0416. The van der Waals surface area contributed by atoms with Crippen molar-refractivity contribution < 1.29 is 32.3 Å². The Morgan fingerprint density at radius 2 is 1.73 bits per heavy atom. The fourth-order valence-electron chi connectivity index (χ4n) is 5.07. The Balaban J connectivity index is 1.49. The van der Waals surface area contributed by atoms with E-state index in [0.29, 0.717) is 45.1 Å². The Hall–Kier alpha value is -2.86. The number of esters is 1. The second-order valence-electron chi connectivity index (χ2n) is 11.9. The summed E-state index contributed by atoms with van der Waals surface area (Å²) in [5, 5.41) is 0. The maximum Gasteiger partial charge on any atom is 0.410 e. The first-order valence-corrected chi connectivity index (χ1v) is 16.2. The van der Waals surface area contributed by atoms with Gasteiger partial charge in [-0.3, -0.25) is 9.69 Å². The van der Waals surface area contributed by atoms with Gasteiger partial charge in [0.2, 0.25) is 10.0 Å². The van der Waals surface area contributed by atoms with Crippen molar-refractivity contribution in [3.8, 4) is 0 Å². The largest absolute Gasteiger partial charge is 0.468 e. The second kappa shape index (κ2) is 14.4. The third kappa shape index (κ3) is 9.88. The number of sulfonamides is 1. The van der Waals surface area contributed by atoms with Gasteiger partial charge < -0.3 is 19.3 Å². The molecule has 2 saturated heterocycles. The van der Waals surface area contributed by atoms with E-state index in [1.807, 2.05) is 44.7 Å². The zero-order valence-corrected chi connectivity index (χ0v) is 25.9. The molecule has 2 aliphatic heterocycles. The molecule has 0 aliphatic carbocycles. The number of anilines is 1. The number of likely N-dealkylation sites (tertiary alicyclic amines) is 1. The Labute approximate surface area is 244 Å². The van der Waals surface area contributed by atoms with Crippen molar-refractivity contribution in [3.05, 3.63) is 29.8 Å². The number of rotatable bonds is 12. The van der Waals surface area contributed by atoms with Gasteiger partial charge in [-0.1, -0.05) is 25.5 Å². The molecular weight excluding hydrogens is 548 g/mol. The Morgan fingerprint density at radius 3 is 2.32 bits per heavy atom. The SMILES string of the molecule is CCCCS(=O)(=O)NC(Cc1ccc(N2CCN(CCC3CCN(C(=O)OC(C)(C)C)CC3)C2=O)cc1)C(=O)OC. The summed E-state index contributed by atoms with van der Waals surface area (Å²) in [7, 11) is -2.38. The fraction of sp³-hybridized carbons (Fsp3) is 0.690. The lowest BCUT2D eigenvalue weighted by Gasteiger charge is -2.34. The molecule has 230 valence electrons. The molecule has 0 spiro atoms. The van der Waals surface area contributed by atoms with Crippen LogP contribution in [0, 0.1) is 5.92 Å². The summed E-state index contributed by atoms with van der Waals surface area (Å²) in [5.41, 5.74) is 1.00. The second-order valence-corrected chi connectivity index (χ2v) is 13.7. The lowest BCUT2D eigenvalue weighted by Crippen LogP contribution is -2.43. The molecule has 41 heavy (non-hydrogen) atoms. The van der Waals surface area contributed by atoms with Crippen molar-refractivity contribution in [2.45, 2.75) is 77.9 Å². The Morgan fingerprint density at radius 1 is 1.07 bits per heavy atom. The highest BCUT2D eigenvalue weighted by atomic mass is 32.2. The van der Waals surface area contributed by atoms with Gasteiger partial charge in [0, 0.05) is 38.4 Å². The average Bonchev–Trinajstić information content (AvgIpc) is 3.29. The van der Waals surface area contributed by atoms with Crippen molar-refractivity contribution >= 4 is 33.8 Å². The molecule has 11 nitrogen and oxygen atoms in total. The van der Waals surface area contributed by atoms with Crippen molar-refractivity contribution in [1.29, 1.82) is 0 Å². The van der Waals surface area contributed by atoms with Crippen LogP contribution in [0.5, 0.6) is 0 Å². The first-order valence-electron chi connectivity index (χ1n) is 14.5. The predicted molar refractivity (Wildman–Crippen MR) is 157 cm³/mol. The number of methoxy groups -OCH3 is 1. The highest BCUT2D eigenvalue weighted by molar-refractivity contribution is 7.89. The standard InChI is InChI=1S/C29H46N4O7S/c1-6-7-20-41(37,38)30-25(26(34)39-5)21-23-8-10-24(11-9-23)33-19-18-31(27(33)35)15-12-22-13-16-32(17-14-22)28(36)40-29(2,3)4/h8-11,22,25,30H,6-7,12-21H2,1-5H3. The number of nitrogens with one attached hydrogen (secondary N) is 1. The van der Waals surface area contributed by atoms with Crippen LogP contribution in [-0.4, -0.2) is 93.5 Å². The molecule has 2 aliphatic rings. The number of nitrogens with zero attached hydrogens (tertiary/aromatic N) is 3. The Bertz CT molecular complexity index is 1140. The minimum Gasteiger partial charge on any atom is -0.468 e. The molecule has 0 aromatic heterocycles. The molecule has 2 heterocycles. The van der Waals surface area contributed by atoms with Gasteiger partial charge in [0.1, 0.15) is 11.6 Å². The monoisotopic (exact) mass is 594 g/mol. The molecule has 1 aromatic carbocycles. The van der Waals surface area contributed by atoms with Crippen LogP contribution >= 0.6 is 0 Å². The van der Waals surface area contributed by atoms with E-state index in [2.05, 4.69) is 4.72 Å². The zero-order chi connectivity index (χ0) is 30.2. The van der Waals surface area contributed by atoms with E-state index in [4.69, 9.17) is 9.47 Å². The van der Waals surface area contributed by atoms with Crippen LogP contribution in [0.4, 0.5) is 15.3 Å². The summed E-state index contributed by atoms with van der Waals surface area (Å²) < 4.78 is 37.5. The number of hydrogen-bond donors (Lipinski definition) is 1. The van der Waals surface area contributed by atoms with Crippen LogP contribution in [0.25, 0.3) is 0 Å². The van der Waals surface area contributed by atoms with Gasteiger partial charge in [-0.05, 0) is 76.5 Å². The van der Waals surface area contributed by atoms with Crippen molar-refractivity contribution in [2.24, 2.45) is 5.92 Å². The summed E-state index contributed by atoms with van der Waals surface area (Å²) in [5.74, 6) is -0.235. The maximum atomic E-state index is 13.1. The number of carbonyl (C=O) groups is 3. The molecule has 1 atom stereocenters. The smallest absolute Gasteiger partial charge is 0.410 e. The van der Waals surface area contributed by atoms with E-state index in [1.54, 1.807) is 21.9 Å². The summed E-state index contributed by atoms with van der Waals surface area (Å²) >= 11 is 0. The van der Waals surface area contributed by atoms with Gasteiger partial charge >= 0.3 is 18.1 Å². The zero-order valence-electron chi connectivity index (χ0n) is 25.1. The number of carbonyl (C=O) groups excluding carboxylic acids is 3. The first-order chi connectivity index (χ1) is 19.3. The van der Waals surface area contributed by atoms with Gasteiger partial charge in [0.25, 0.3) is 0 Å². The van der Waals surface area contributed by atoms with Gasteiger partial charge in [0.05, 0.1) is 12.9 Å². The summed E-state index contributed by atoms with van der Waals surface area (Å²) in [6, 6.07) is 6.19.